The van der Waals surface area contributed by atoms with Crippen LogP contribution in [0.15, 0.2) is 77.5 Å². The van der Waals surface area contributed by atoms with Crippen molar-refractivity contribution in [2.75, 3.05) is 19.0 Å². The maximum Gasteiger partial charge on any atom is 0.287 e. The van der Waals surface area contributed by atoms with E-state index in [1.54, 1.807) is 43.3 Å². The van der Waals surface area contributed by atoms with Crippen LogP contribution >= 0.6 is 0 Å². The molecular weight excluding hydrogens is 432 g/mol. The second kappa shape index (κ2) is 10.8. The van der Waals surface area contributed by atoms with Gasteiger partial charge >= 0.3 is 0 Å². The number of hydrazone groups is 1. The van der Waals surface area contributed by atoms with Crippen molar-refractivity contribution in [1.82, 2.24) is 10.7 Å². The fourth-order valence-electron chi connectivity index (χ4n) is 3.12. The van der Waals surface area contributed by atoms with Gasteiger partial charge in [-0.1, -0.05) is 30.3 Å². The zero-order valence-electron chi connectivity index (χ0n) is 19.1. The summed E-state index contributed by atoms with van der Waals surface area (Å²) in [7, 11) is 3.85. The highest BCUT2D eigenvalue weighted by atomic mass is 16.3. The first-order valence-electron chi connectivity index (χ1n) is 10.5. The van der Waals surface area contributed by atoms with Crippen molar-refractivity contribution >= 4 is 29.8 Å². The Bertz CT molecular complexity index is 1210. The summed E-state index contributed by atoms with van der Waals surface area (Å²) in [6, 6.07) is 18.6. The molecule has 0 heterocycles. The standard InChI is InChI=1S/C26H26N4O4/c1-17-13-21(31)15-24(32)22(17)16-27-29-26(34)23(28-25(33)19-7-5-4-6-8-19)14-18-9-11-20(12-10-18)30(2)3/h4-16,31-32H,1-3H3,(H,28,33)(H,29,34)/b23-14-,27-16-. The highest BCUT2D eigenvalue weighted by Crippen LogP contribution is 2.25. The number of hydrogen-bond donors (Lipinski definition) is 4. The van der Waals surface area contributed by atoms with Gasteiger partial charge in [0, 0.05) is 37.0 Å². The fraction of sp³-hybridized carbons (Fsp3) is 0.115. The third-order valence-corrected chi connectivity index (χ3v) is 4.96. The van der Waals surface area contributed by atoms with Gasteiger partial charge in [-0.05, 0) is 54.5 Å². The van der Waals surface area contributed by atoms with Gasteiger partial charge in [-0.15, -0.1) is 0 Å². The molecule has 0 fully saturated rings. The van der Waals surface area contributed by atoms with E-state index >= 15 is 0 Å². The normalized spacial score (nSPS) is 11.3. The Balaban J connectivity index is 1.84. The van der Waals surface area contributed by atoms with E-state index in [9.17, 15) is 19.8 Å². The zero-order valence-corrected chi connectivity index (χ0v) is 19.1. The third-order valence-electron chi connectivity index (χ3n) is 4.96. The lowest BCUT2D eigenvalue weighted by Gasteiger charge is -2.13. The predicted octanol–water partition coefficient (Wildman–Crippen LogP) is 3.39. The molecule has 0 spiro atoms. The molecule has 0 aromatic heterocycles. The van der Waals surface area contributed by atoms with Crippen molar-refractivity contribution in [1.29, 1.82) is 0 Å². The highest BCUT2D eigenvalue weighted by molar-refractivity contribution is 6.05. The predicted molar refractivity (Wildman–Crippen MR) is 133 cm³/mol. The average molecular weight is 459 g/mol. The number of amides is 2. The molecule has 3 aromatic rings. The van der Waals surface area contributed by atoms with Gasteiger partial charge in [-0.3, -0.25) is 9.59 Å². The Morgan fingerprint density at radius 1 is 0.971 bits per heavy atom. The maximum absolute atomic E-state index is 12.9. The topological polar surface area (TPSA) is 114 Å². The van der Waals surface area contributed by atoms with E-state index < -0.39 is 11.8 Å². The SMILES string of the molecule is Cc1cc(O)cc(O)c1/C=N\NC(=O)/C(=C/c1ccc(N(C)C)cc1)NC(=O)c1ccccc1. The van der Waals surface area contributed by atoms with Gasteiger partial charge in [-0.25, -0.2) is 5.43 Å². The molecule has 0 aliphatic rings. The number of carbonyl (C=O) groups excluding carboxylic acids is 2. The third kappa shape index (κ3) is 6.23. The summed E-state index contributed by atoms with van der Waals surface area (Å²) in [4.78, 5) is 27.5. The van der Waals surface area contributed by atoms with Crippen molar-refractivity contribution in [3.63, 3.8) is 0 Å². The van der Waals surface area contributed by atoms with Crippen LogP contribution in [0.1, 0.15) is 27.0 Å². The summed E-state index contributed by atoms with van der Waals surface area (Å²) < 4.78 is 0. The Hall–Kier alpha value is -4.59. The summed E-state index contributed by atoms with van der Waals surface area (Å²) in [6.45, 7) is 1.69. The number of nitrogens with one attached hydrogen (secondary N) is 2. The fourth-order valence-corrected chi connectivity index (χ4v) is 3.12. The molecule has 34 heavy (non-hydrogen) atoms. The lowest BCUT2D eigenvalue weighted by atomic mass is 10.1. The van der Waals surface area contributed by atoms with Crippen molar-refractivity contribution < 1.29 is 19.8 Å². The molecule has 0 radical (unpaired) electrons. The van der Waals surface area contributed by atoms with Crippen molar-refractivity contribution in [3.8, 4) is 11.5 Å². The minimum atomic E-state index is -0.645. The van der Waals surface area contributed by atoms with E-state index in [2.05, 4.69) is 15.8 Å². The first kappa shape index (κ1) is 24.1. The van der Waals surface area contributed by atoms with Gasteiger partial charge < -0.3 is 20.4 Å². The largest absolute Gasteiger partial charge is 0.508 e. The summed E-state index contributed by atoms with van der Waals surface area (Å²) in [5.74, 6) is -1.34. The number of benzene rings is 3. The molecule has 2 amide bonds. The molecule has 0 bridgehead atoms. The second-order valence-electron chi connectivity index (χ2n) is 7.76. The molecule has 3 rings (SSSR count). The van der Waals surface area contributed by atoms with E-state index in [-0.39, 0.29) is 17.2 Å². The summed E-state index contributed by atoms with van der Waals surface area (Å²) in [6.07, 6.45) is 2.82. The summed E-state index contributed by atoms with van der Waals surface area (Å²) in [5, 5.41) is 26.1. The number of phenolic OH excluding ortho intramolecular Hbond substituents is 2. The van der Waals surface area contributed by atoms with Crippen LogP contribution in [0, 0.1) is 6.92 Å². The van der Waals surface area contributed by atoms with Gasteiger partial charge in [0.1, 0.15) is 17.2 Å². The van der Waals surface area contributed by atoms with Crippen LogP contribution in [0.5, 0.6) is 11.5 Å². The Morgan fingerprint density at radius 3 is 2.26 bits per heavy atom. The first-order valence-corrected chi connectivity index (χ1v) is 10.5. The summed E-state index contributed by atoms with van der Waals surface area (Å²) in [5.41, 5.74) is 5.39. The van der Waals surface area contributed by atoms with Gasteiger partial charge in [-0.2, -0.15) is 5.10 Å². The number of aromatic hydroxyl groups is 2. The van der Waals surface area contributed by atoms with Crippen LogP contribution < -0.4 is 15.6 Å². The lowest BCUT2D eigenvalue weighted by Crippen LogP contribution is -2.32. The van der Waals surface area contributed by atoms with Crippen LogP contribution in [0.3, 0.4) is 0 Å². The smallest absolute Gasteiger partial charge is 0.287 e. The number of nitrogens with zero attached hydrogens (tertiary/aromatic N) is 2. The molecule has 0 saturated heterocycles. The van der Waals surface area contributed by atoms with Crippen LogP contribution in [0.25, 0.3) is 6.08 Å². The molecule has 0 unspecified atom stereocenters. The molecule has 8 nitrogen and oxygen atoms in total. The van der Waals surface area contributed by atoms with Gasteiger partial charge in [0.15, 0.2) is 0 Å². The second-order valence-corrected chi connectivity index (χ2v) is 7.76. The van der Waals surface area contributed by atoms with Gasteiger partial charge in [0.05, 0.1) is 6.21 Å². The number of rotatable bonds is 7. The molecule has 0 saturated carbocycles. The van der Waals surface area contributed by atoms with E-state index in [1.165, 1.54) is 18.3 Å². The molecule has 0 atom stereocenters. The van der Waals surface area contributed by atoms with Crippen molar-refractivity contribution in [3.05, 3.63) is 94.7 Å². The molecule has 8 heteroatoms. The lowest BCUT2D eigenvalue weighted by molar-refractivity contribution is -0.117. The molecule has 3 aromatic carbocycles. The molecule has 0 aliphatic carbocycles. The summed E-state index contributed by atoms with van der Waals surface area (Å²) >= 11 is 0. The van der Waals surface area contributed by atoms with Crippen LogP contribution in [-0.4, -0.2) is 42.3 Å². The van der Waals surface area contributed by atoms with E-state index in [0.29, 0.717) is 22.3 Å². The molecule has 174 valence electrons. The van der Waals surface area contributed by atoms with Crippen LogP contribution in [-0.2, 0) is 4.79 Å². The quantitative estimate of drug-likeness (QED) is 0.246. The Labute approximate surface area is 197 Å². The van der Waals surface area contributed by atoms with E-state index in [1.807, 2.05) is 43.3 Å². The van der Waals surface area contributed by atoms with Crippen molar-refractivity contribution in [2.24, 2.45) is 5.10 Å². The maximum atomic E-state index is 12.9. The number of carbonyl (C=O) groups is 2. The molecule has 4 N–H and O–H groups in total. The molecule has 0 aliphatic heterocycles. The van der Waals surface area contributed by atoms with Crippen LogP contribution in [0.2, 0.25) is 0 Å². The Morgan fingerprint density at radius 2 is 1.65 bits per heavy atom. The van der Waals surface area contributed by atoms with Gasteiger partial charge in [0.2, 0.25) is 0 Å². The average Bonchev–Trinajstić information content (AvgIpc) is 2.81. The minimum absolute atomic E-state index is 0.00439. The Kier molecular flexibility index (Phi) is 7.66. The number of anilines is 1. The van der Waals surface area contributed by atoms with Crippen LogP contribution in [0.4, 0.5) is 5.69 Å². The monoisotopic (exact) mass is 458 g/mol. The number of hydrogen-bond acceptors (Lipinski definition) is 6. The zero-order chi connectivity index (χ0) is 24.7. The minimum Gasteiger partial charge on any atom is -0.508 e. The number of aryl methyl sites for hydroxylation is 1. The number of phenols is 2. The highest BCUT2D eigenvalue weighted by Gasteiger charge is 2.14. The first-order chi connectivity index (χ1) is 16.2. The van der Waals surface area contributed by atoms with E-state index in [0.717, 1.165) is 5.69 Å². The van der Waals surface area contributed by atoms with Crippen molar-refractivity contribution in [2.45, 2.75) is 6.92 Å². The molecular formula is C26H26N4O4. The van der Waals surface area contributed by atoms with E-state index in [4.69, 9.17) is 0 Å². The van der Waals surface area contributed by atoms with Gasteiger partial charge in [0.25, 0.3) is 11.8 Å².